The lowest BCUT2D eigenvalue weighted by atomic mass is 10.00. The Kier molecular flexibility index (Phi) is 4.68. The maximum atomic E-state index is 5.40. The van der Waals surface area contributed by atoms with E-state index in [9.17, 15) is 0 Å². The van der Waals surface area contributed by atoms with Gasteiger partial charge in [-0.25, -0.2) is 4.68 Å². The largest absolute Gasteiger partial charge is 0.381 e. The fraction of sp³-hybridized carbons (Fsp3) is 0.471. The fourth-order valence-electron chi connectivity index (χ4n) is 2.69. The number of aromatic nitrogens is 2. The monoisotopic (exact) mass is 285 g/mol. The van der Waals surface area contributed by atoms with Gasteiger partial charge in [-0.15, -0.1) is 0 Å². The molecule has 112 valence electrons. The molecule has 1 fully saturated rings. The highest BCUT2D eigenvalue weighted by Crippen LogP contribution is 2.17. The predicted molar refractivity (Wildman–Crippen MR) is 83.5 cm³/mol. The van der Waals surface area contributed by atoms with Gasteiger partial charge in [0.1, 0.15) is 0 Å². The summed E-state index contributed by atoms with van der Waals surface area (Å²) in [6.07, 6.45) is 6.40. The van der Waals surface area contributed by atoms with Crippen LogP contribution < -0.4 is 5.32 Å². The van der Waals surface area contributed by atoms with Crippen LogP contribution in [0.25, 0.3) is 5.69 Å². The van der Waals surface area contributed by atoms with E-state index in [0.717, 1.165) is 31.4 Å². The third kappa shape index (κ3) is 3.71. The van der Waals surface area contributed by atoms with E-state index in [-0.39, 0.29) is 0 Å². The van der Waals surface area contributed by atoms with Crippen molar-refractivity contribution in [2.75, 3.05) is 19.8 Å². The van der Waals surface area contributed by atoms with E-state index in [1.807, 2.05) is 29.1 Å². The van der Waals surface area contributed by atoms with Crippen LogP contribution in [-0.2, 0) is 4.74 Å². The number of benzene rings is 1. The summed E-state index contributed by atoms with van der Waals surface area (Å²) in [6, 6.07) is 10.5. The summed E-state index contributed by atoms with van der Waals surface area (Å²) in [6.45, 7) is 5.08. The molecule has 0 amide bonds. The molecule has 0 radical (unpaired) electrons. The number of rotatable bonds is 5. The van der Waals surface area contributed by atoms with Crippen LogP contribution in [-0.4, -0.2) is 29.5 Å². The fourth-order valence-corrected chi connectivity index (χ4v) is 2.69. The van der Waals surface area contributed by atoms with Crippen molar-refractivity contribution in [2.45, 2.75) is 25.8 Å². The molecule has 1 aromatic heterocycles. The summed E-state index contributed by atoms with van der Waals surface area (Å²) in [5, 5.41) is 8.08. The molecule has 1 unspecified atom stereocenters. The first-order valence-corrected chi connectivity index (χ1v) is 7.74. The summed E-state index contributed by atoms with van der Waals surface area (Å²) in [7, 11) is 0. The van der Waals surface area contributed by atoms with Gasteiger partial charge >= 0.3 is 0 Å². The third-order valence-corrected chi connectivity index (χ3v) is 4.18. The van der Waals surface area contributed by atoms with Crippen LogP contribution in [0.15, 0.2) is 42.7 Å². The van der Waals surface area contributed by atoms with E-state index in [1.165, 1.54) is 18.4 Å². The minimum atomic E-state index is 0.324. The van der Waals surface area contributed by atoms with Gasteiger partial charge in [-0.05, 0) is 44.4 Å². The maximum Gasteiger partial charge on any atom is 0.0645 e. The number of hydrogen-bond acceptors (Lipinski definition) is 3. The second kappa shape index (κ2) is 6.87. The minimum absolute atomic E-state index is 0.324. The Balaban J connectivity index is 1.57. The van der Waals surface area contributed by atoms with Crippen molar-refractivity contribution in [3.05, 3.63) is 48.3 Å². The highest BCUT2D eigenvalue weighted by molar-refractivity contribution is 5.31. The number of nitrogens with zero attached hydrogens (tertiary/aromatic N) is 2. The molecule has 1 atom stereocenters. The molecule has 4 nitrogen and oxygen atoms in total. The first kappa shape index (κ1) is 14.3. The lowest BCUT2D eigenvalue weighted by Gasteiger charge is -2.24. The van der Waals surface area contributed by atoms with E-state index < -0.39 is 0 Å². The first-order chi connectivity index (χ1) is 10.3. The van der Waals surface area contributed by atoms with Gasteiger partial charge in [-0.2, -0.15) is 5.10 Å². The first-order valence-electron chi connectivity index (χ1n) is 7.74. The Hall–Kier alpha value is -1.65. The van der Waals surface area contributed by atoms with E-state index in [4.69, 9.17) is 4.74 Å². The molecule has 0 bridgehead atoms. The molecule has 1 aliphatic rings. The lowest BCUT2D eigenvalue weighted by molar-refractivity contribution is 0.0656. The van der Waals surface area contributed by atoms with Gasteiger partial charge in [-0.1, -0.05) is 18.2 Å². The van der Waals surface area contributed by atoms with Crippen molar-refractivity contribution < 1.29 is 4.74 Å². The quantitative estimate of drug-likeness (QED) is 0.918. The van der Waals surface area contributed by atoms with Gasteiger partial charge in [0.2, 0.25) is 0 Å². The van der Waals surface area contributed by atoms with Gasteiger partial charge in [0.05, 0.1) is 11.9 Å². The second-order valence-corrected chi connectivity index (χ2v) is 5.74. The van der Waals surface area contributed by atoms with E-state index in [0.29, 0.717) is 6.04 Å². The van der Waals surface area contributed by atoms with E-state index >= 15 is 0 Å². The SMILES string of the molecule is CC(NCC1CCOCC1)c1cnn(-c2ccccc2)c1. The number of hydrogen-bond donors (Lipinski definition) is 1. The van der Waals surface area contributed by atoms with Gasteiger partial charge in [0.25, 0.3) is 0 Å². The van der Waals surface area contributed by atoms with Crippen molar-refractivity contribution in [3.8, 4) is 5.69 Å². The Morgan fingerprint density at radius 3 is 2.81 bits per heavy atom. The van der Waals surface area contributed by atoms with Gasteiger partial charge in [0.15, 0.2) is 0 Å². The predicted octanol–water partition coefficient (Wildman–Crippen LogP) is 2.95. The average molecular weight is 285 g/mol. The summed E-state index contributed by atoms with van der Waals surface area (Å²) >= 11 is 0. The molecule has 1 aromatic carbocycles. The molecule has 21 heavy (non-hydrogen) atoms. The normalized spacial score (nSPS) is 17.8. The molecular formula is C17H23N3O. The zero-order chi connectivity index (χ0) is 14.5. The second-order valence-electron chi connectivity index (χ2n) is 5.74. The summed E-state index contributed by atoms with van der Waals surface area (Å²) in [5.41, 5.74) is 2.33. The van der Waals surface area contributed by atoms with Crippen molar-refractivity contribution in [3.63, 3.8) is 0 Å². The molecule has 0 saturated carbocycles. The molecule has 1 N–H and O–H groups in total. The minimum Gasteiger partial charge on any atom is -0.381 e. The van der Waals surface area contributed by atoms with Crippen molar-refractivity contribution >= 4 is 0 Å². The Labute approximate surface area is 126 Å². The van der Waals surface area contributed by atoms with Gasteiger partial charge in [-0.3, -0.25) is 0 Å². The standard InChI is InChI=1S/C17H23N3O/c1-14(18-11-15-7-9-21-10-8-15)16-12-19-20(13-16)17-5-3-2-4-6-17/h2-6,12-15,18H,7-11H2,1H3. The van der Waals surface area contributed by atoms with Crippen LogP contribution in [0.3, 0.4) is 0 Å². The van der Waals surface area contributed by atoms with Crippen molar-refractivity contribution in [2.24, 2.45) is 5.92 Å². The zero-order valence-electron chi connectivity index (χ0n) is 12.5. The van der Waals surface area contributed by atoms with Crippen LogP contribution in [0.2, 0.25) is 0 Å². The molecule has 4 heteroatoms. The van der Waals surface area contributed by atoms with Crippen molar-refractivity contribution in [1.82, 2.24) is 15.1 Å². The number of nitrogens with one attached hydrogen (secondary N) is 1. The summed E-state index contributed by atoms with van der Waals surface area (Å²) in [5.74, 6) is 0.741. The topological polar surface area (TPSA) is 39.1 Å². The molecular weight excluding hydrogens is 262 g/mol. The van der Waals surface area contributed by atoms with Crippen LogP contribution in [0.1, 0.15) is 31.4 Å². The van der Waals surface area contributed by atoms with E-state index in [2.05, 4.69) is 35.7 Å². The summed E-state index contributed by atoms with van der Waals surface area (Å²) in [4.78, 5) is 0. The molecule has 3 rings (SSSR count). The molecule has 0 aliphatic carbocycles. The third-order valence-electron chi connectivity index (χ3n) is 4.18. The van der Waals surface area contributed by atoms with E-state index in [1.54, 1.807) is 0 Å². The van der Waals surface area contributed by atoms with Gasteiger partial charge < -0.3 is 10.1 Å². The highest BCUT2D eigenvalue weighted by atomic mass is 16.5. The molecule has 1 saturated heterocycles. The van der Waals surface area contributed by atoms with Crippen LogP contribution in [0, 0.1) is 5.92 Å². The highest BCUT2D eigenvalue weighted by Gasteiger charge is 2.15. The lowest BCUT2D eigenvalue weighted by Crippen LogP contribution is -2.29. The van der Waals surface area contributed by atoms with Crippen LogP contribution in [0.5, 0.6) is 0 Å². The molecule has 0 spiro atoms. The Morgan fingerprint density at radius 2 is 2.05 bits per heavy atom. The van der Waals surface area contributed by atoms with Crippen LogP contribution >= 0.6 is 0 Å². The Morgan fingerprint density at radius 1 is 1.29 bits per heavy atom. The molecule has 2 aromatic rings. The molecule has 2 heterocycles. The summed E-state index contributed by atoms with van der Waals surface area (Å²) < 4.78 is 7.33. The maximum absolute atomic E-state index is 5.40. The van der Waals surface area contributed by atoms with Crippen LogP contribution in [0.4, 0.5) is 0 Å². The smallest absolute Gasteiger partial charge is 0.0645 e. The average Bonchev–Trinajstić information content (AvgIpc) is 3.04. The number of ether oxygens (including phenoxy) is 1. The zero-order valence-corrected chi connectivity index (χ0v) is 12.5. The molecule has 1 aliphatic heterocycles. The Bertz CT molecular complexity index is 546. The van der Waals surface area contributed by atoms with Crippen molar-refractivity contribution in [1.29, 1.82) is 0 Å². The number of para-hydroxylation sites is 1. The van der Waals surface area contributed by atoms with Gasteiger partial charge in [0, 0.05) is 31.0 Å².